The van der Waals surface area contributed by atoms with Gasteiger partial charge in [0.05, 0.1) is 6.61 Å². The Hall–Kier alpha value is -2.59. The van der Waals surface area contributed by atoms with Crippen molar-refractivity contribution in [2.24, 2.45) is 5.41 Å². The molecular formula is C30H29Cl2NO2. The van der Waals surface area contributed by atoms with Crippen molar-refractivity contribution in [3.8, 4) is 0 Å². The van der Waals surface area contributed by atoms with Gasteiger partial charge in [0, 0.05) is 33.3 Å². The summed E-state index contributed by atoms with van der Waals surface area (Å²) in [6, 6.07) is 21.3. The molecule has 2 aliphatic rings. The quantitative estimate of drug-likeness (QED) is 0.309. The lowest BCUT2D eigenvalue weighted by atomic mass is 9.91. The van der Waals surface area contributed by atoms with Crippen molar-refractivity contribution >= 4 is 34.7 Å². The second-order valence-corrected chi connectivity index (χ2v) is 10.7. The molecule has 3 aromatic carbocycles. The molecule has 5 heteroatoms. The highest BCUT2D eigenvalue weighted by molar-refractivity contribution is 6.30. The summed E-state index contributed by atoms with van der Waals surface area (Å²) < 4.78 is 6.95. The number of benzene rings is 3. The Morgan fingerprint density at radius 2 is 1.63 bits per heavy atom. The Kier molecular flexibility index (Phi) is 6.29. The third-order valence-electron chi connectivity index (χ3n) is 7.52. The van der Waals surface area contributed by atoms with Crippen LogP contribution in [0.3, 0.4) is 0 Å². The molecular weight excluding hydrogens is 477 g/mol. The molecule has 1 amide bonds. The van der Waals surface area contributed by atoms with Crippen molar-refractivity contribution in [2.75, 3.05) is 6.61 Å². The molecule has 0 radical (unpaired) electrons. The summed E-state index contributed by atoms with van der Waals surface area (Å²) in [6.45, 7) is 9.21. The van der Waals surface area contributed by atoms with Crippen molar-refractivity contribution < 1.29 is 9.53 Å². The fraction of sp³-hybridized carbons (Fsp3) is 0.300. The van der Waals surface area contributed by atoms with Crippen molar-refractivity contribution in [2.45, 2.75) is 45.4 Å². The number of nitrogens with zero attached hydrogens (tertiary/aromatic N) is 1. The molecule has 0 spiro atoms. The zero-order chi connectivity index (χ0) is 24.8. The molecule has 1 heterocycles. The maximum Gasteiger partial charge on any atom is 0.257 e. The molecule has 0 N–H and O–H groups in total. The van der Waals surface area contributed by atoms with Crippen molar-refractivity contribution in [3.63, 3.8) is 0 Å². The lowest BCUT2D eigenvalue weighted by molar-refractivity contribution is -0.125. The largest absolute Gasteiger partial charge is 0.346 e. The lowest BCUT2D eigenvalue weighted by Crippen LogP contribution is -2.47. The predicted octanol–water partition coefficient (Wildman–Crippen LogP) is 8.09. The van der Waals surface area contributed by atoms with Gasteiger partial charge < -0.3 is 4.74 Å². The number of fused-ring (bicyclic) bond motifs is 1. The maximum absolute atomic E-state index is 14.1. The number of hydrogen-bond acceptors (Lipinski definition) is 2. The molecule has 1 saturated carbocycles. The second kappa shape index (κ2) is 9.13. The topological polar surface area (TPSA) is 29.5 Å². The highest BCUT2D eigenvalue weighted by Crippen LogP contribution is 2.53. The summed E-state index contributed by atoms with van der Waals surface area (Å²) in [6.07, 6.45) is 3.34. The first kappa shape index (κ1) is 24.1. The van der Waals surface area contributed by atoms with Crippen LogP contribution in [0.25, 0.3) is 5.57 Å². The number of allylic oxidation sites excluding steroid dienone is 1. The van der Waals surface area contributed by atoms with E-state index < -0.39 is 5.72 Å². The van der Waals surface area contributed by atoms with E-state index in [1.807, 2.05) is 78.6 Å². The fourth-order valence-electron chi connectivity index (χ4n) is 4.93. The smallest absolute Gasteiger partial charge is 0.257 e. The van der Waals surface area contributed by atoms with Crippen LogP contribution < -0.4 is 0 Å². The standard InChI is InChI=1S/C30H29Cl2NO2/c1-4-29(15-16-29)19-35-30(23-8-12-25(32)13-9-23)27-14-7-22(20(2)3)17-26(27)28(34)33(30)18-21-5-10-24(31)11-6-21/h5-14,17H,2,4,15-16,18-19H2,1,3H3/t30-/m1/s1. The Labute approximate surface area is 217 Å². The van der Waals surface area contributed by atoms with Gasteiger partial charge in [-0.3, -0.25) is 9.69 Å². The highest BCUT2D eigenvalue weighted by atomic mass is 35.5. The minimum absolute atomic E-state index is 0.0608. The number of halogens is 2. The van der Waals surface area contributed by atoms with Crippen LogP contribution in [0, 0.1) is 5.41 Å². The number of carbonyl (C=O) groups is 1. The number of hydrogen-bond donors (Lipinski definition) is 0. The first-order valence-electron chi connectivity index (χ1n) is 12.0. The van der Waals surface area contributed by atoms with Gasteiger partial charge in [-0.05, 0) is 73.1 Å². The molecule has 180 valence electrons. The molecule has 35 heavy (non-hydrogen) atoms. The zero-order valence-corrected chi connectivity index (χ0v) is 21.6. The summed E-state index contributed by atoms with van der Waals surface area (Å²) in [7, 11) is 0. The van der Waals surface area contributed by atoms with Gasteiger partial charge in [-0.15, -0.1) is 0 Å². The summed E-state index contributed by atoms with van der Waals surface area (Å²) in [5.74, 6) is -0.0608. The number of rotatable bonds is 8. The van der Waals surface area contributed by atoms with Crippen LogP contribution in [-0.2, 0) is 17.0 Å². The van der Waals surface area contributed by atoms with Crippen LogP contribution >= 0.6 is 23.2 Å². The minimum atomic E-state index is -1.06. The normalized spacial score (nSPS) is 20.1. The van der Waals surface area contributed by atoms with Crippen molar-refractivity contribution in [1.29, 1.82) is 0 Å². The first-order chi connectivity index (χ1) is 16.8. The third-order valence-corrected chi connectivity index (χ3v) is 8.02. The summed E-state index contributed by atoms with van der Waals surface area (Å²) >= 11 is 12.4. The molecule has 1 aliphatic carbocycles. The Morgan fingerprint density at radius 1 is 1.00 bits per heavy atom. The molecule has 5 rings (SSSR count). The fourth-order valence-corrected chi connectivity index (χ4v) is 5.18. The molecule has 1 aliphatic heterocycles. The third kappa shape index (κ3) is 4.31. The van der Waals surface area contributed by atoms with Crippen LogP contribution in [0.1, 0.15) is 65.7 Å². The van der Waals surface area contributed by atoms with E-state index in [1.54, 1.807) is 0 Å². The van der Waals surface area contributed by atoms with E-state index in [4.69, 9.17) is 27.9 Å². The average Bonchev–Trinajstić information content (AvgIpc) is 3.61. The summed E-state index contributed by atoms with van der Waals surface area (Å²) in [4.78, 5) is 15.9. The predicted molar refractivity (Wildman–Crippen MR) is 143 cm³/mol. The van der Waals surface area contributed by atoms with E-state index in [0.717, 1.165) is 47.1 Å². The Balaban J connectivity index is 1.69. The first-order valence-corrected chi connectivity index (χ1v) is 12.8. The average molecular weight is 506 g/mol. The Bertz CT molecular complexity index is 1280. The minimum Gasteiger partial charge on any atom is -0.346 e. The number of ether oxygens (including phenoxy) is 1. The van der Waals surface area contributed by atoms with Gasteiger partial charge in [-0.25, -0.2) is 0 Å². The second-order valence-electron chi connectivity index (χ2n) is 9.85. The molecule has 1 atom stereocenters. The van der Waals surface area contributed by atoms with Crippen LogP contribution in [0.15, 0.2) is 73.3 Å². The van der Waals surface area contributed by atoms with E-state index in [1.165, 1.54) is 0 Å². The van der Waals surface area contributed by atoms with E-state index in [9.17, 15) is 4.79 Å². The lowest BCUT2D eigenvalue weighted by Gasteiger charge is -2.40. The summed E-state index contributed by atoms with van der Waals surface area (Å²) in [5, 5.41) is 1.30. The van der Waals surface area contributed by atoms with Crippen LogP contribution in [0.4, 0.5) is 0 Å². The number of carbonyl (C=O) groups excluding carboxylic acids is 1. The maximum atomic E-state index is 14.1. The molecule has 3 nitrogen and oxygen atoms in total. The van der Waals surface area contributed by atoms with Gasteiger partial charge in [0.2, 0.25) is 0 Å². The van der Waals surface area contributed by atoms with Crippen LogP contribution in [0.2, 0.25) is 10.0 Å². The van der Waals surface area contributed by atoms with E-state index in [-0.39, 0.29) is 11.3 Å². The van der Waals surface area contributed by atoms with Gasteiger partial charge in [0.1, 0.15) is 0 Å². The van der Waals surface area contributed by atoms with Gasteiger partial charge in [0.25, 0.3) is 5.91 Å². The molecule has 0 aromatic heterocycles. The summed E-state index contributed by atoms with van der Waals surface area (Å²) in [5.41, 5.74) is 4.35. The van der Waals surface area contributed by atoms with Crippen LogP contribution in [-0.4, -0.2) is 17.4 Å². The molecule has 0 bridgehead atoms. The van der Waals surface area contributed by atoms with E-state index >= 15 is 0 Å². The van der Waals surface area contributed by atoms with Gasteiger partial charge in [-0.2, -0.15) is 0 Å². The van der Waals surface area contributed by atoms with Crippen molar-refractivity contribution in [1.82, 2.24) is 4.90 Å². The van der Waals surface area contributed by atoms with E-state index in [0.29, 0.717) is 28.8 Å². The SMILES string of the molecule is C=C(C)c1ccc2c(c1)C(=O)N(Cc1ccc(Cl)cc1)[C@@]2(OCC1(CC)CC1)c1ccc(Cl)cc1. The molecule has 0 unspecified atom stereocenters. The molecule has 0 saturated heterocycles. The zero-order valence-electron chi connectivity index (χ0n) is 20.1. The monoisotopic (exact) mass is 505 g/mol. The highest BCUT2D eigenvalue weighted by Gasteiger charge is 2.54. The van der Waals surface area contributed by atoms with Gasteiger partial charge in [-0.1, -0.05) is 78.7 Å². The van der Waals surface area contributed by atoms with Gasteiger partial charge in [0.15, 0.2) is 5.72 Å². The Morgan fingerprint density at radius 3 is 2.20 bits per heavy atom. The van der Waals surface area contributed by atoms with E-state index in [2.05, 4.69) is 13.5 Å². The molecule has 3 aromatic rings. The van der Waals surface area contributed by atoms with Crippen molar-refractivity contribution in [3.05, 3.63) is 111 Å². The van der Waals surface area contributed by atoms with Crippen LogP contribution in [0.5, 0.6) is 0 Å². The molecule has 1 fully saturated rings. The van der Waals surface area contributed by atoms with Gasteiger partial charge >= 0.3 is 0 Å². The number of amides is 1.